The number of aromatic carboxylic acids is 1. The van der Waals surface area contributed by atoms with Crippen molar-refractivity contribution in [2.24, 2.45) is 5.41 Å². The third kappa shape index (κ3) is 2.52. The van der Waals surface area contributed by atoms with Gasteiger partial charge in [-0.05, 0) is 43.2 Å². The van der Waals surface area contributed by atoms with Crippen molar-refractivity contribution < 1.29 is 9.90 Å². The Bertz CT molecular complexity index is 733. The van der Waals surface area contributed by atoms with E-state index in [1.54, 1.807) is 0 Å². The molecule has 2 saturated carbocycles. The van der Waals surface area contributed by atoms with Gasteiger partial charge in [-0.3, -0.25) is 4.98 Å². The van der Waals surface area contributed by atoms with Crippen molar-refractivity contribution in [3.8, 4) is 0 Å². The highest BCUT2D eigenvalue weighted by molar-refractivity contribution is 5.84. The molecule has 4 rings (SSSR count). The van der Waals surface area contributed by atoms with E-state index >= 15 is 0 Å². The number of nitrogens with zero attached hydrogens (tertiary/aromatic N) is 3. The lowest BCUT2D eigenvalue weighted by atomic mass is 9.44. The number of hydrogen-bond donors (Lipinski definition) is 2. The van der Waals surface area contributed by atoms with Crippen LogP contribution < -0.4 is 5.32 Å². The first-order valence-corrected chi connectivity index (χ1v) is 8.32. The second-order valence-electron chi connectivity index (χ2n) is 7.15. The predicted molar refractivity (Wildman–Crippen MR) is 88.9 cm³/mol. The fourth-order valence-corrected chi connectivity index (χ4v) is 4.28. The van der Waals surface area contributed by atoms with Gasteiger partial charge in [-0.2, -0.15) is 0 Å². The molecule has 0 radical (unpaired) electrons. The predicted octanol–water partition coefficient (Wildman–Crippen LogP) is 2.88. The summed E-state index contributed by atoms with van der Waals surface area (Å²) in [6, 6.07) is 6.09. The van der Waals surface area contributed by atoms with Crippen LogP contribution in [0.5, 0.6) is 0 Å². The lowest BCUT2D eigenvalue weighted by molar-refractivity contribution is -0.0446. The molecule has 0 aromatic carbocycles. The average molecular weight is 324 g/mol. The molecule has 2 aromatic rings. The van der Waals surface area contributed by atoms with Crippen molar-refractivity contribution in [3.63, 3.8) is 0 Å². The number of anilines is 1. The third-order valence-corrected chi connectivity index (χ3v) is 5.53. The molecular weight excluding hydrogens is 304 g/mol. The van der Waals surface area contributed by atoms with Crippen LogP contribution in [-0.4, -0.2) is 32.6 Å². The highest BCUT2D eigenvalue weighted by atomic mass is 16.4. The second kappa shape index (κ2) is 5.54. The zero-order chi connectivity index (χ0) is 16.6. The summed E-state index contributed by atoms with van der Waals surface area (Å²) >= 11 is 0. The number of hydrogen-bond acceptors (Lipinski definition) is 5. The van der Waals surface area contributed by atoms with Crippen molar-refractivity contribution in [1.29, 1.82) is 0 Å². The number of aromatic nitrogens is 3. The SMILES string of the molecule is O=C(O)c1cnc(NCC2(c3ccccn3)CC3(CCC3)C2)cn1. The van der Waals surface area contributed by atoms with E-state index < -0.39 is 5.97 Å². The van der Waals surface area contributed by atoms with Crippen LogP contribution in [0.15, 0.2) is 36.8 Å². The van der Waals surface area contributed by atoms with Gasteiger partial charge in [0.15, 0.2) is 5.69 Å². The van der Waals surface area contributed by atoms with Gasteiger partial charge < -0.3 is 10.4 Å². The first-order chi connectivity index (χ1) is 11.6. The van der Waals surface area contributed by atoms with E-state index in [1.807, 2.05) is 18.3 Å². The maximum atomic E-state index is 10.8. The molecule has 0 amide bonds. The lowest BCUT2D eigenvalue weighted by Crippen LogP contribution is -2.56. The third-order valence-electron chi connectivity index (χ3n) is 5.53. The van der Waals surface area contributed by atoms with Crippen LogP contribution in [0.4, 0.5) is 5.82 Å². The van der Waals surface area contributed by atoms with E-state index in [9.17, 15) is 4.79 Å². The van der Waals surface area contributed by atoms with E-state index in [-0.39, 0.29) is 11.1 Å². The Labute approximate surface area is 140 Å². The quantitative estimate of drug-likeness (QED) is 0.879. The van der Waals surface area contributed by atoms with E-state index in [4.69, 9.17) is 5.11 Å². The van der Waals surface area contributed by atoms with Crippen LogP contribution in [0.1, 0.15) is 48.3 Å². The number of carboxylic acids is 1. The summed E-state index contributed by atoms with van der Waals surface area (Å²) in [6.07, 6.45) is 10.9. The Hall–Kier alpha value is -2.50. The van der Waals surface area contributed by atoms with Gasteiger partial charge in [0.25, 0.3) is 0 Å². The number of nitrogens with one attached hydrogen (secondary N) is 1. The molecule has 2 aliphatic rings. The van der Waals surface area contributed by atoms with Gasteiger partial charge >= 0.3 is 5.97 Å². The summed E-state index contributed by atoms with van der Waals surface area (Å²) in [5, 5.41) is 12.2. The minimum absolute atomic E-state index is 0.0365. The fourth-order valence-electron chi connectivity index (χ4n) is 4.28. The van der Waals surface area contributed by atoms with Crippen molar-refractivity contribution in [1.82, 2.24) is 15.0 Å². The zero-order valence-corrected chi connectivity index (χ0v) is 13.4. The summed E-state index contributed by atoms with van der Waals surface area (Å²) in [5.41, 5.74) is 1.65. The van der Waals surface area contributed by atoms with E-state index in [0.717, 1.165) is 25.1 Å². The standard InChI is InChI=1S/C18H20N4O2/c23-16(24)13-8-21-15(9-20-13)22-12-18(14-4-1-2-7-19-14)10-17(11-18)5-3-6-17/h1-2,4,7-9H,3,5-6,10-12H2,(H,21,22)(H,23,24). The molecule has 6 heteroatoms. The molecule has 1 spiro atoms. The van der Waals surface area contributed by atoms with Gasteiger partial charge in [-0.25, -0.2) is 14.8 Å². The topological polar surface area (TPSA) is 88.0 Å². The van der Waals surface area contributed by atoms with Crippen molar-refractivity contribution in [3.05, 3.63) is 48.2 Å². The van der Waals surface area contributed by atoms with Gasteiger partial charge in [-0.15, -0.1) is 0 Å². The van der Waals surface area contributed by atoms with Gasteiger partial charge in [0.1, 0.15) is 5.82 Å². The molecule has 0 aliphatic heterocycles. The minimum Gasteiger partial charge on any atom is -0.476 e. The summed E-state index contributed by atoms with van der Waals surface area (Å²) in [7, 11) is 0. The second-order valence-corrected chi connectivity index (χ2v) is 7.15. The Morgan fingerprint density at radius 1 is 1.17 bits per heavy atom. The van der Waals surface area contributed by atoms with Gasteiger partial charge in [-0.1, -0.05) is 12.5 Å². The smallest absolute Gasteiger partial charge is 0.356 e. The number of carboxylic acid groups (broad SMARTS) is 1. The molecule has 0 bridgehead atoms. The first kappa shape index (κ1) is 15.1. The summed E-state index contributed by atoms with van der Waals surface area (Å²) in [4.78, 5) is 23.5. The van der Waals surface area contributed by atoms with Crippen LogP contribution in [0.25, 0.3) is 0 Å². The van der Waals surface area contributed by atoms with Gasteiger partial charge in [0.2, 0.25) is 0 Å². The van der Waals surface area contributed by atoms with E-state index in [0.29, 0.717) is 11.2 Å². The summed E-state index contributed by atoms with van der Waals surface area (Å²) in [5.74, 6) is -0.463. The van der Waals surface area contributed by atoms with Crippen LogP contribution in [0, 0.1) is 5.41 Å². The van der Waals surface area contributed by atoms with Crippen LogP contribution >= 0.6 is 0 Å². The Morgan fingerprint density at radius 2 is 2.00 bits per heavy atom. The Morgan fingerprint density at radius 3 is 2.54 bits per heavy atom. The summed E-state index contributed by atoms with van der Waals surface area (Å²) in [6.45, 7) is 0.743. The van der Waals surface area contributed by atoms with E-state index in [1.165, 1.54) is 31.7 Å². The van der Waals surface area contributed by atoms with E-state index in [2.05, 4.69) is 26.3 Å². The minimum atomic E-state index is -1.06. The normalized spacial score (nSPS) is 20.0. The molecule has 2 N–H and O–H groups in total. The molecule has 6 nitrogen and oxygen atoms in total. The number of carbonyl (C=O) groups is 1. The van der Waals surface area contributed by atoms with Crippen molar-refractivity contribution in [2.45, 2.75) is 37.5 Å². The highest BCUT2D eigenvalue weighted by Crippen LogP contribution is 2.64. The largest absolute Gasteiger partial charge is 0.476 e. The maximum Gasteiger partial charge on any atom is 0.356 e. The molecular formula is C18H20N4O2. The molecule has 2 fully saturated rings. The van der Waals surface area contributed by atoms with Gasteiger partial charge in [0, 0.05) is 23.9 Å². The summed E-state index contributed by atoms with van der Waals surface area (Å²) < 4.78 is 0. The molecule has 0 unspecified atom stereocenters. The zero-order valence-electron chi connectivity index (χ0n) is 13.4. The van der Waals surface area contributed by atoms with Crippen LogP contribution in [0.3, 0.4) is 0 Å². The average Bonchev–Trinajstić information content (AvgIpc) is 2.54. The molecule has 124 valence electrons. The van der Waals surface area contributed by atoms with Crippen molar-refractivity contribution in [2.75, 3.05) is 11.9 Å². The molecule has 2 aromatic heterocycles. The molecule has 0 atom stereocenters. The highest BCUT2D eigenvalue weighted by Gasteiger charge is 2.58. The van der Waals surface area contributed by atoms with Crippen LogP contribution in [-0.2, 0) is 5.41 Å². The molecule has 0 saturated heterocycles. The fraction of sp³-hybridized carbons (Fsp3) is 0.444. The molecule has 2 aliphatic carbocycles. The molecule has 24 heavy (non-hydrogen) atoms. The Kier molecular flexibility index (Phi) is 3.48. The number of pyridine rings is 1. The maximum absolute atomic E-state index is 10.8. The first-order valence-electron chi connectivity index (χ1n) is 8.32. The van der Waals surface area contributed by atoms with Crippen LogP contribution in [0.2, 0.25) is 0 Å². The van der Waals surface area contributed by atoms with Crippen molar-refractivity contribution >= 4 is 11.8 Å². The Balaban J connectivity index is 1.50. The lowest BCUT2D eigenvalue weighted by Gasteiger charge is -2.61. The molecule has 2 heterocycles. The number of rotatable bonds is 5. The monoisotopic (exact) mass is 324 g/mol. The van der Waals surface area contributed by atoms with Gasteiger partial charge in [0.05, 0.1) is 12.4 Å².